The monoisotopic (exact) mass is 256 g/mol. The van der Waals surface area contributed by atoms with E-state index < -0.39 is 0 Å². The summed E-state index contributed by atoms with van der Waals surface area (Å²) in [5, 5.41) is 7.91. The first-order valence-corrected chi connectivity index (χ1v) is 7.00. The number of benzene rings is 1. The summed E-state index contributed by atoms with van der Waals surface area (Å²) >= 11 is 0. The molecule has 2 aromatic rings. The number of hydrogen-bond donors (Lipinski definition) is 1. The van der Waals surface area contributed by atoms with Crippen LogP contribution >= 0.6 is 0 Å². The first kappa shape index (κ1) is 12.2. The third-order valence-corrected chi connectivity index (χ3v) is 3.45. The summed E-state index contributed by atoms with van der Waals surface area (Å²) < 4.78 is 1.97. The van der Waals surface area contributed by atoms with Crippen molar-refractivity contribution in [3.63, 3.8) is 0 Å². The van der Waals surface area contributed by atoms with E-state index in [9.17, 15) is 0 Å². The summed E-state index contributed by atoms with van der Waals surface area (Å²) in [6.07, 6.45) is 3.57. The third kappa shape index (κ3) is 2.95. The van der Waals surface area contributed by atoms with Crippen LogP contribution in [0, 0.1) is 6.92 Å². The number of nitrogens with zero attached hydrogens (tertiary/aromatic N) is 3. The standard InChI is InChI=1S/C15H20N4/c1-3-12-4-6-13(7-5-12)10-19-15(16-11(2)18-19)17-14-8-9-14/h4-7,14H,3,8-10H2,1-2H3,(H,16,17,18). The number of aromatic nitrogens is 3. The van der Waals surface area contributed by atoms with Crippen LogP contribution in [-0.2, 0) is 13.0 Å². The second-order valence-corrected chi connectivity index (χ2v) is 5.23. The Morgan fingerprint density at radius 3 is 2.53 bits per heavy atom. The molecule has 1 aliphatic rings. The van der Waals surface area contributed by atoms with E-state index in [1.165, 1.54) is 24.0 Å². The maximum absolute atomic E-state index is 4.47. The molecule has 1 aliphatic carbocycles. The van der Waals surface area contributed by atoms with Gasteiger partial charge in [0.25, 0.3) is 0 Å². The second kappa shape index (κ2) is 5.03. The Kier molecular flexibility index (Phi) is 3.23. The van der Waals surface area contributed by atoms with E-state index in [0.717, 1.165) is 24.7 Å². The van der Waals surface area contributed by atoms with Crippen LogP contribution in [0.4, 0.5) is 5.95 Å². The van der Waals surface area contributed by atoms with E-state index in [1.807, 2.05) is 11.6 Å². The zero-order valence-corrected chi connectivity index (χ0v) is 11.6. The minimum atomic E-state index is 0.602. The molecule has 0 saturated heterocycles. The molecule has 0 unspecified atom stereocenters. The summed E-state index contributed by atoms with van der Waals surface area (Å²) in [6.45, 7) is 4.89. The largest absolute Gasteiger partial charge is 0.352 e. The molecular weight excluding hydrogens is 236 g/mol. The van der Waals surface area contributed by atoms with Crippen molar-refractivity contribution in [2.75, 3.05) is 5.32 Å². The van der Waals surface area contributed by atoms with Crippen molar-refractivity contribution >= 4 is 5.95 Å². The average Bonchev–Trinajstić information content (AvgIpc) is 3.15. The summed E-state index contributed by atoms with van der Waals surface area (Å²) in [7, 11) is 0. The molecule has 0 radical (unpaired) electrons. The van der Waals surface area contributed by atoms with Crippen LogP contribution < -0.4 is 5.32 Å². The highest BCUT2D eigenvalue weighted by atomic mass is 15.4. The smallest absolute Gasteiger partial charge is 0.221 e. The van der Waals surface area contributed by atoms with Gasteiger partial charge in [-0.3, -0.25) is 0 Å². The zero-order valence-electron chi connectivity index (χ0n) is 11.6. The quantitative estimate of drug-likeness (QED) is 0.894. The molecule has 0 bridgehead atoms. The third-order valence-electron chi connectivity index (χ3n) is 3.45. The van der Waals surface area contributed by atoms with Crippen molar-refractivity contribution in [3.05, 3.63) is 41.2 Å². The normalized spacial score (nSPS) is 14.6. The maximum atomic E-state index is 4.47. The van der Waals surface area contributed by atoms with E-state index in [4.69, 9.17) is 0 Å². The molecule has 4 heteroatoms. The summed E-state index contributed by atoms with van der Waals surface area (Å²) in [6, 6.07) is 9.33. The lowest BCUT2D eigenvalue weighted by molar-refractivity contribution is 0.682. The fraction of sp³-hybridized carbons (Fsp3) is 0.467. The molecule has 1 aromatic carbocycles. The Morgan fingerprint density at radius 2 is 1.89 bits per heavy atom. The van der Waals surface area contributed by atoms with Gasteiger partial charge in [0, 0.05) is 6.04 Å². The lowest BCUT2D eigenvalue weighted by Crippen LogP contribution is -2.11. The van der Waals surface area contributed by atoms with Gasteiger partial charge in [-0.2, -0.15) is 10.1 Å². The topological polar surface area (TPSA) is 42.7 Å². The number of nitrogens with one attached hydrogen (secondary N) is 1. The van der Waals surface area contributed by atoms with Crippen LogP contribution in [0.5, 0.6) is 0 Å². The van der Waals surface area contributed by atoms with Crippen molar-refractivity contribution in [2.45, 2.75) is 45.7 Å². The molecule has 0 amide bonds. The predicted molar refractivity (Wildman–Crippen MR) is 76.3 cm³/mol. The van der Waals surface area contributed by atoms with Gasteiger partial charge in [-0.05, 0) is 37.3 Å². The van der Waals surface area contributed by atoms with Gasteiger partial charge in [0.15, 0.2) is 0 Å². The van der Waals surface area contributed by atoms with Crippen molar-refractivity contribution in [1.29, 1.82) is 0 Å². The average molecular weight is 256 g/mol. The van der Waals surface area contributed by atoms with Crippen molar-refractivity contribution in [1.82, 2.24) is 14.8 Å². The van der Waals surface area contributed by atoms with Crippen LogP contribution in [-0.4, -0.2) is 20.8 Å². The minimum Gasteiger partial charge on any atom is -0.352 e. The van der Waals surface area contributed by atoms with Crippen LogP contribution in [0.1, 0.15) is 36.7 Å². The molecule has 19 heavy (non-hydrogen) atoms. The van der Waals surface area contributed by atoms with Gasteiger partial charge in [0.05, 0.1) is 6.54 Å². The number of aryl methyl sites for hydroxylation is 2. The van der Waals surface area contributed by atoms with Crippen LogP contribution in [0.3, 0.4) is 0 Å². The number of anilines is 1. The van der Waals surface area contributed by atoms with E-state index in [-0.39, 0.29) is 0 Å². The molecule has 100 valence electrons. The second-order valence-electron chi connectivity index (χ2n) is 5.23. The molecule has 1 saturated carbocycles. The van der Waals surface area contributed by atoms with Gasteiger partial charge in [-0.25, -0.2) is 4.68 Å². The molecule has 0 spiro atoms. The zero-order chi connectivity index (χ0) is 13.2. The van der Waals surface area contributed by atoms with Gasteiger partial charge in [0.1, 0.15) is 5.82 Å². The minimum absolute atomic E-state index is 0.602. The molecule has 3 rings (SSSR count). The van der Waals surface area contributed by atoms with E-state index >= 15 is 0 Å². The Balaban J connectivity index is 1.77. The number of rotatable bonds is 5. The van der Waals surface area contributed by atoms with Gasteiger partial charge in [0.2, 0.25) is 5.95 Å². The fourth-order valence-electron chi connectivity index (χ4n) is 2.14. The number of hydrogen-bond acceptors (Lipinski definition) is 3. The van der Waals surface area contributed by atoms with Crippen molar-refractivity contribution < 1.29 is 0 Å². The van der Waals surface area contributed by atoms with Crippen LogP contribution in [0.2, 0.25) is 0 Å². The van der Waals surface area contributed by atoms with Crippen LogP contribution in [0.15, 0.2) is 24.3 Å². The molecule has 0 atom stereocenters. The van der Waals surface area contributed by atoms with Crippen molar-refractivity contribution in [2.24, 2.45) is 0 Å². The summed E-state index contributed by atoms with van der Waals surface area (Å²) in [4.78, 5) is 4.46. The predicted octanol–water partition coefficient (Wildman–Crippen LogP) is 2.77. The van der Waals surface area contributed by atoms with Gasteiger partial charge in [-0.1, -0.05) is 31.2 Å². The maximum Gasteiger partial charge on any atom is 0.221 e. The Hall–Kier alpha value is -1.84. The van der Waals surface area contributed by atoms with E-state index in [2.05, 4.69) is 46.6 Å². The highest BCUT2D eigenvalue weighted by Crippen LogP contribution is 2.24. The molecule has 1 N–H and O–H groups in total. The first-order valence-electron chi connectivity index (χ1n) is 7.00. The molecular formula is C15H20N4. The lowest BCUT2D eigenvalue weighted by Gasteiger charge is -2.07. The van der Waals surface area contributed by atoms with E-state index in [1.54, 1.807) is 0 Å². The van der Waals surface area contributed by atoms with E-state index in [0.29, 0.717) is 6.04 Å². The molecule has 1 fully saturated rings. The molecule has 1 heterocycles. The molecule has 1 aromatic heterocycles. The van der Waals surface area contributed by atoms with Gasteiger partial charge in [-0.15, -0.1) is 0 Å². The summed E-state index contributed by atoms with van der Waals surface area (Å²) in [5.74, 6) is 1.73. The highest BCUT2D eigenvalue weighted by molar-refractivity contribution is 5.31. The fourth-order valence-corrected chi connectivity index (χ4v) is 2.14. The SMILES string of the molecule is CCc1ccc(Cn2nc(C)nc2NC2CC2)cc1. The first-order chi connectivity index (χ1) is 9.24. The lowest BCUT2D eigenvalue weighted by atomic mass is 10.1. The Bertz CT molecular complexity index is 552. The van der Waals surface area contributed by atoms with Crippen molar-refractivity contribution in [3.8, 4) is 0 Å². The highest BCUT2D eigenvalue weighted by Gasteiger charge is 2.23. The summed E-state index contributed by atoms with van der Waals surface area (Å²) in [5.41, 5.74) is 2.63. The Morgan fingerprint density at radius 1 is 1.21 bits per heavy atom. The van der Waals surface area contributed by atoms with Crippen LogP contribution in [0.25, 0.3) is 0 Å². The molecule has 0 aliphatic heterocycles. The Labute approximate surface area is 113 Å². The van der Waals surface area contributed by atoms with Gasteiger partial charge < -0.3 is 5.32 Å². The van der Waals surface area contributed by atoms with Gasteiger partial charge >= 0.3 is 0 Å². The molecule has 4 nitrogen and oxygen atoms in total.